The predicted molar refractivity (Wildman–Crippen MR) is 74.8 cm³/mol. The van der Waals surface area contributed by atoms with Crippen LogP contribution in [-0.4, -0.2) is 28.6 Å². The van der Waals surface area contributed by atoms with Crippen LogP contribution in [0.3, 0.4) is 0 Å². The minimum Gasteiger partial charge on any atom is -0.394 e. The summed E-state index contributed by atoms with van der Waals surface area (Å²) >= 11 is 0. The largest absolute Gasteiger partial charge is 0.394 e. The van der Waals surface area contributed by atoms with Crippen molar-refractivity contribution < 1.29 is 14.8 Å². The van der Waals surface area contributed by atoms with Crippen LogP contribution in [0.2, 0.25) is 0 Å². The summed E-state index contributed by atoms with van der Waals surface area (Å²) in [5.74, 6) is -0.0588. The molecule has 0 saturated carbocycles. The number of fused-ring (bicyclic) bond motifs is 1. The molecule has 0 spiro atoms. The van der Waals surface area contributed by atoms with Gasteiger partial charge in [0.1, 0.15) is 5.69 Å². The second-order valence-electron chi connectivity index (χ2n) is 5.19. The number of nitrogens with one attached hydrogen (secondary N) is 2. The summed E-state index contributed by atoms with van der Waals surface area (Å²) in [5.41, 5.74) is 1.43. The smallest absolute Gasteiger partial charge is 0.292 e. The molecule has 2 rings (SSSR count). The Morgan fingerprint density at radius 3 is 2.75 bits per heavy atom. The third kappa shape index (κ3) is 2.72. The van der Waals surface area contributed by atoms with Crippen molar-refractivity contribution in [2.24, 2.45) is 5.92 Å². The fraction of sp³-hybridized carbons (Fsp3) is 0.462. The molecule has 0 radical (unpaired) electrons. The Balaban J connectivity index is 2.39. The second kappa shape index (κ2) is 5.46. The van der Waals surface area contributed by atoms with Gasteiger partial charge in [0.05, 0.1) is 24.0 Å². The number of carbonyl (C=O) groups is 1. The summed E-state index contributed by atoms with van der Waals surface area (Å²) in [6, 6.07) is 2.68. The number of nitro benzene ring substituents is 1. The van der Waals surface area contributed by atoms with Gasteiger partial charge in [-0.2, -0.15) is 0 Å². The van der Waals surface area contributed by atoms with Crippen LogP contribution in [0.25, 0.3) is 0 Å². The predicted octanol–water partition coefficient (Wildman–Crippen LogP) is 1.52. The number of aliphatic hydroxyl groups is 1. The SMILES string of the molecule is CC(C)[C@@H](CO)Nc1cc2c(cc1[N+](=O)[O-])CC(=O)N2. The van der Waals surface area contributed by atoms with Crippen molar-refractivity contribution in [1.82, 2.24) is 0 Å². The van der Waals surface area contributed by atoms with Gasteiger partial charge in [-0.25, -0.2) is 0 Å². The minimum absolute atomic E-state index is 0.0839. The molecule has 1 aliphatic heterocycles. The molecule has 1 aromatic carbocycles. The summed E-state index contributed by atoms with van der Waals surface area (Å²) in [5, 5.41) is 26.1. The quantitative estimate of drug-likeness (QED) is 0.560. The maximum atomic E-state index is 11.3. The van der Waals surface area contributed by atoms with Gasteiger partial charge in [0.25, 0.3) is 5.69 Å². The van der Waals surface area contributed by atoms with Gasteiger partial charge in [0.2, 0.25) is 5.91 Å². The molecule has 108 valence electrons. The molecular weight excluding hydrogens is 262 g/mol. The summed E-state index contributed by atoms with van der Waals surface area (Å²) in [7, 11) is 0. The van der Waals surface area contributed by atoms with Crippen LogP contribution >= 0.6 is 0 Å². The first-order valence-electron chi connectivity index (χ1n) is 6.41. The van der Waals surface area contributed by atoms with Crippen LogP contribution < -0.4 is 10.6 Å². The molecule has 0 fully saturated rings. The molecule has 1 atom stereocenters. The van der Waals surface area contributed by atoms with Crippen LogP contribution in [0, 0.1) is 16.0 Å². The molecule has 0 saturated heterocycles. The number of amides is 1. The first-order chi connectivity index (χ1) is 9.42. The lowest BCUT2D eigenvalue weighted by Gasteiger charge is -2.21. The van der Waals surface area contributed by atoms with Crippen molar-refractivity contribution in [3.8, 4) is 0 Å². The average Bonchev–Trinajstić information content (AvgIpc) is 2.73. The molecule has 7 nitrogen and oxygen atoms in total. The number of rotatable bonds is 5. The van der Waals surface area contributed by atoms with Gasteiger partial charge in [-0.3, -0.25) is 14.9 Å². The van der Waals surface area contributed by atoms with Gasteiger partial charge in [-0.05, 0) is 17.5 Å². The highest BCUT2D eigenvalue weighted by Crippen LogP contribution is 2.35. The number of aliphatic hydroxyl groups excluding tert-OH is 1. The van der Waals surface area contributed by atoms with Crippen molar-refractivity contribution in [2.45, 2.75) is 26.3 Å². The molecule has 7 heteroatoms. The van der Waals surface area contributed by atoms with Crippen molar-refractivity contribution in [3.63, 3.8) is 0 Å². The Hall–Kier alpha value is -2.15. The minimum atomic E-state index is -0.486. The normalized spacial score (nSPS) is 14.9. The number of benzene rings is 1. The zero-order valence-electron chi connectivity index (χ0n) is 11.3. The van der Waals surface area contributed by atoms with Crippen molar-refractivity contribution >= 4 is 23.0 Å². The van der Waals surface area contributed by atoms with E-state index in [1.165, 1.54) is 6.07 Å². The van der Waals surface area contributed by atoms with Gasteiger partial charge in [-0.15, -0.1) is 0 Å². The Kier molecular flexibility index (Phi) is 3.89. The topological polar surface area (TPSA) is 104 Å². The van der Waals surface area contributed by atoms with E-state index in [4.69, 9.17) is 0 Å². The van der Waals surface area contributed by atoms with E-state index in [9.17, 15) is 20.0 Å². The van der Waals surface area contributed by atoms with Crippen LogP contribution in [0.1, 0.15) is 19.4 Å². The molecule has 1 heterocycles. The van der Waals surface area contributed by atoms with Crippen molar-refractivity contribution in [1.29, 1.82) is 0 Å². The van der Waals surface area contributed by atoms with E-state index < -0.39 is 4.92 Å². The maximum absolute atomic E-state index is 11.3. The lowest BCUT2D eigenvalue weighted by atomic mass is 10.0. The molecule has 1 amide bonds. The van der Waals surface area contributed by atoms with E-state index in [0.29, 0.717) is 16.9 Å². The van der Waals surface area contributed by atoms with Gasteiger partial charge >= 0.3 is 0 Å². The van der Waals surface area contributed by atoms with Crippen LogP contribution in [0.15, 0.2) is 12.1 Å². The molecule has 0 aromatic heterocycles. The second-order valence-corrected chi connectivity index (χ2v) is 5.19. The van der Waals surface area contributed by atoms with Gasteiger partial charge in [0, 0.05) is 11.8 Å². The monoisotopic (exact) mass is 279 g/mol. The number of nitrogens with zero attached hydrogens (tertiary/aromatic N) is 1. The number of hydrogen-bond acceptors (Lipinski definition) is 5. The maximum Gasteiger partial charge on any atom is 0.292 e. The summed E-state index contributed by atoms with van der Waals surface area (Å²) in [6.07, 6.45) is 0.157. The van der Waals surface area contributed by atoms with Crippen molar-refractivity contribution in [2.75, 3.05) is 17.2 Å². The standard InChI is InChI=1S/C13H17N3O4/c1-7(2)11(6-17)14-10-5-9-8(4-13(18)15-9)3-12(10)16(19)20/h3,5,7,11,14,17H,4,6H2,1-2H3,(H,15,18)/t11-/m1/s1. The zero-order chi connectivity index (χ0) is 14.9. The van der Waals surface area contributed by atoms with E-state index in [2.05, 4.69) is 10.6 Å². The Morgan fingerprint density at radius 1 is 1.50 bits per heavy atom. The summed E-state index contributed by atoms with van der Waals surface area (Å²) in [6.45, 7) is 3.70. The lowest BCUT2D eigenvalue weighted by Crippen LogP contribution is -2.29. The fourth-order valence-electron chi connectivity index (χ4n) is 2.15. The highest BCUT2D eigenvalue weighted by Gasteiger charge is 2.26. The van der Waals surface area contributed by atoms with E-state index in [0.717, 1.165) is 0 Å². The van der Waals surface area contributed by atoms with Crippen LogP contribution in [0.5, 0.6) is 0 Å². The molecule has 0 bridgehead atoms. The number of hydrogen-bond donors (Lipinski definition) is 3. The third-order valence-corrected chi connectivity index (χ3v) is 3.39. The molecule has 1 aromatic rings. The van der Waals surface area contributed by atoms with Gasteiger partial charge in [-0.1, -0.05) is 13.8 Å². The third-order valence-electron chi connectivity index (χ3n) is 3.39. The lowest BCUT2D eigenvalue weighted by molar-refractivity contribution is -0.384. The van der Waals surface area contributed by atoms with Crippen LogP contribution in [-0.2, 0) is 11.2 Å². The number of anilines is 2. The Morgan fingerprint density at radius 2 is 2.20 bits per heavy atom. The van der Waals surface area contributed by atoms with E-state index in [-0.39, 0.29) is 36.6 Å². The summed E-state index contributed by atoms with van der Waals surface area (Å²) in [4.78, 5) is 22.0. The first-order valence-corrected chi connectivity index (χ1v) is 6.41. The first kappa shape index (κ1) is 14.3. The Bertz CT molecular complexity index is 557. The highest BCUT2D eigenvalue weighted by molar-refractivity contribution is 6.00. The molecular formula is C13H17N3O4. The molecule has 1 aliphatic rings. The van der Waals surface area contributed by atoms with Gasteiger partial charge in [0.15, 0.2) is 0 Å². The average molecular weight is 279 g/mol. The summed E-state index contributed by atoms with van der Waals surface area (Å²) < 4.78 is 0. The highest BCUT2D eigenvalue weighted by atomic mass is 16.6. The van der Waals surface area contributed by atoms with Gasteiger partial charge < -0.3 is 15.7 Å². The van der Waals surface area contributed by atoms with E-state index in [1.807, 2.05) is 13.8 Å². The molecule has 3 N–H and O–H groups in total. The Labute approximate surface area is 116 Å². The fourth-order valence-corrected chi connectivity index (χ4v) is 2.15. The molecule has 0 unspecified atom stereocenters. The van der Waals surface area contributed by atoms with E-state index >= 15 is 0 Å². The number of nitro groups is 1. The van der Waals surface area contributed by atoms with E-state index in [1.54, 1.807) is 6.07 Å². The number of carbonyl (C=O) groups excluding carboxylic acids is 1. The van der Waals surface area contributed by atoms with Crippen LogP contribution in [0.4, 0.5) is 17.1 Å². The molecule has 0 aliphatic carbocycles. The zero-order valence-corrected chi connectivity index (χ0v) is 11.3. The molecule has 20 heavy (non-hydrogen) atoms. The van der Waals surface area contributed by atoms with Crippen molar-refractivity contribution in [3.05, 3.63) is 27.8 Å².